The number of carbonyl (C=O) groups is 1. The normalized spacial score (nSPS) is 20.6. The predicted octanol–water partition coefficient (Wildman–Crippen LogP) is 2.90. The van der Waals surface area contributed by atoms with Gasteiger partial charge in [-0.05, 0) is 24.8 Å². The molecule has 4 rings (SSSR count). The Balaban J connectivity index is 1.96. The topological polar surface area (TPSA) is 87.5 Å². The van der Waals surface area contributed by atoms with Gasteiger partial charge in [0.25, 0.3) is 0 Å². The fourth-order valence-corrected chi connectivity index (χ4v) is 4.26. The maximum absolute atomic E-state index is 12.9. The van der Waals surface area contributed by atoms with Crippen molar-refractivity contribution in [2.24, 2.45) is 5.92 Å². The number of ether oxygens (including phenoxy) is 3. The van der Waals surface area contributed by atoms with Crippen LogP contribution in [0, 0.1) is 5.92 Å². The summed E-state index contributed by atoms with van der Waals surface area (Å²) in [6, 6.07) is 3.33. The third-order valence-electron chi connectivity index (χ3n) is 5.12. The van der Waals surface area contributed by atoms with Crippen LogP contribution in [0.25, 0.3) is 0 Å². The van der Waals surface area contributed by atoms with Crippen LogP contribution in [0.2, 0.25) is 0 Å². The van der Waals surface area contributed by atoms with Gasteiger partial charge in [-0.1, -0.05) is 17.8 Å². The molecule has 0 saturated carbocycles. The molecule has 1 aromatic carbocycles. The summed E-state index contributed by atoms with van der Waals surface area (Å²) in [5.74, 6) is 1.97. The minimum absolute atomic E-state index is 0.165. The zero-order chi connectivity index (χ0) is 19.8. The molecule has 28 heavy (non-hydrogen) atoms. The Morgan fingerprint density at radius 1 is 1.18 bits per heavy atom. The first kappa shape index (κ1) is 18.7. The van der Waals surface area contributed by atoms with Gasteiger partial charge in [-0.2, -0.15) is 4.98 Å². The standard InChI is InChI=1S/C19H22N4O4S/c1-25-13-9-8-10(16(26-2)17(13)27-3)15-14-11(6-5-7-12(14)24)20-18-21-19(28-4)22-23(15)18/h6,8-9,14-15H,5,7H2,1-4H3,(H,20,21,22)/t14-,15-/m0/s1. The van der Waals surface area contributed by atoms with Crippen molar-refractivity contribution in [3.8, 4) is 17.2 Å². The number of thioether (sulfide) groups is 1. The maximum atomic E-state index is 12.9. The Morgan fingerprint density at radius 2 is 1.96 bits per heavy atom. The summed E-state index contributed by atoms with van der Waals surface area (Å²) in [6.45, 7) is 0. The largest absolute Gasteiger partial charge is 0.493 e. The van der Waals surface area contributed by atoms with Crippen LogP contribution in [0.1, 0.15) is 24.4 Å². The van der Waals surface area contributed by atoms with Crippen molar-refractivity contribution in [2.75, 3.05) is 32.9 Å². The van der Waals surface area contributed by atoms with Crippen molar-refractivity contribution < 1.29 is 19.0 Å². The zero-order valence-electron chi connectivity index (χ0n) is 16.2. The van der Waals surface area contributed by atoms with Crippen molar-refractivity contribution in [3.05, 3.63) is 29.5 Å². The average Bonchev–Trinajstić information content (AvgIpc) is 3.14. The number of methoxy groups -OCH3 is 3. The maximum Gasteiger partial charge on any atom is 0.227 e. The van der Waals surface area contributed by atoms with E-state index >= 15 is 0 Å². The van der Waals surface area contributed by atoms with Gasteiger partial charge < -0.3 is 19.5 Å². The van der Waals surface area contributed by atoms with E-state index in [4.69, 9.17) is 14.2 Å². The summed E-state index contributed by atoms with van der Waals surface area (Å²) in [4.78, 5) is 17.5. The highest BCUT2D eigenvalue weighted by atomic mass is 32.2. The minimum Gasteiger partial charge on any atom is -0.493 e. The number of allylic oxidation sites excluding steroid dienone is 2. The van der Waals surface area contributed by atoms with Crippen molar-refractivity contribution in [3.63, 3.8) is 0 Å². The average molecular weight is 402 g/mol. The summed E-state index contributed by atoms with van der Waals surface area (Å²) in [6.07, 6.45) is 5.21. The lowest BCUT2D eigenvalue weighted by Crippen LogP contribution is -2.39. The molecule has 0 amide bonds. The quantitative estimate of drug-likeness (QED) is 0.764. The molecular formula is C19H22N4O4S. The molecule has 2 heterocycles. The van der Waals surface area contributed by atoms with E-state index in [-0.39, 0.29) is 11.7 Å². The van der Waals surface area contributed by atoms with E-state index < -0.39 is 6.04 Å². The van der Waals surface area contributed by atoms with E-state index in [0.29, 0.717) is 34.8 Å². The van der Waals surface area contributed by atoms with Crippen molar-refractivity contribution in [2.45, 2.75) is 24.0 Å². The monoisotopic (exact) mass is 402 g/mol. The highest BCUT2D eigenvalue weighted by molar-refractivity contribution is 7.98. The molecule has 1 aliphatic carbocycles. The second-order valence-electron chi connectivity index (χ2n) is 6.50. The zero-order valence-corrected chi connectivity index (χ0v) is 17.0. The van der Waals surface area contributed by atoms with Crippen molar-refractivity contribution >= 4 is 23.5 Å². The molecule has 0 spiro atoms. The van der Waals surface area contributed by atoms with Crippen LogP contribution in [0.5, 0.6) is 17.2 Å². The molecule has 148 valence electrons. The molecule has 1 aromatic heterocycles. The lowest BCUT2D eigenvalue weighted by atomic mass is 9.80. The Labute approximate surface area is 167 Å². The summed E-state index contributed by atoms with van der Waals surface area (Å²) < 4.78 is 18.4. The van der Waals surface area contributed by atoms with Crippen LogP contribution in [-0.4, -0.2) is 48.1 Å². The molecule has 0 fully saturated rings. The number of ketones is 1. The van der Waals surface area contributed by atoms with Crippen molar-refractivity contribution in [1.29, 1.82) is 0 Å². The number of rotatable bonds is 5. The van der Waals surface area contributed by atoms with E-state index in [2.05, 4.69) is 21.5 Å². The van der Waals surface area contributed by atoms with Gasteiger partial charge in [0, 0.05) is 17.7 Å². The van der Waals surface area contributed by atoms with Gasteiger partial charge in [-0.3, -0.25) is 4.79 Å². The third kappa shape index (κ3) is 2.81. The fraction of sp³-hybridized carbons (Fsp3) is 0.421. The number of benzene rings is 1. The van der Waals surface area contributed by atoms with Gasteiger partial charge >= 0.3 is 0 Å². The number of hydrogen-bond acceptors (Lipinski definition) is 8. The number of hydrogen-bond donors (Lipinski definition) is 1. The summed E-state index contributed by atoms with van der Waals surface area (Å²) in [5, 5.41) is 8.55. The molecule has 0 bridgehead atoms. The molecule has 0 radical (unpaired) electrons. The summed E-state index contributed by atoms with van der Waals surface area (Å²) >= 11 is 1.45. The number of nitrogens with one attached hydrogen (secondary N) is 1. The van der Waals surface area contributed by atoms with Crippen LogP contribution in [-0.2, 0) is 4.79 Å². The second kappa shape index (κ2) is 7.38. The number of carbonyl (C=O) groups excluding carboxylic acids is 1. The number of aromatic nitrogens is 3. The first-order chi connectivity index (χ1) is 13.6. The second-order valence-corrected chi connectivity index (χ2v) is 7.28. The molecule has 2 atom stereocenters. The molecule has 8 nitrogen and oxygen atoms in total. The molecule has 0 unspecified atom stereocenters. The predicted molar refractivity (Wildman–Crippen MR) is 105 cm³/mol. The Morgan fingerprint density at radius 3 is 2.64 bits per heavy atom. The van der Waals surface area contributed by atoms with Crippen LogP contribution in [0.4, 0.5) is 5.95 Å². The van der Waals surface area contributed by atoms with E-state index in [1.807, 2.05) is 18.4 Å². The molecule has 1 aliphatic heterocycles. The van der Waals surface area contributed by atoms with Crippen LogP contribution >= 0.6 is 11.8 Å². The van der Waals surface area contributed by atoms with E-state index in [1.54, 1.807) is 26.0 Å². The third-order valence-corrected chi connectivity index (χ3v) is 5.66. The summed E-state index contributed by atoms with van der Waals surface area (Å²) in [7, 11) is 4.72. The molecule has 1 N–H and O–H groups in total. The van der Waals surface area contributed by atoms with Gasteiger partial charge in [-0.25, -0.2) is 4.68 Å². The molecule has 0 saturated heterocycles. The Bertz CT molecular complexity index is 956. The smallest absolute Gasteiger partial charge is 0.227 e. The van der Waals surface area contributed by atoms with E-state index in [0.717, 1.165) is 17.7 Å². The van der Waals surface area contributed by atoms with Gasteiger partial charge in [0.05, 0.1) is 33.3 Å². The highest BCUT2D eigenvalue weighted by Gasteiger charge is 2.43. The highest BCUT2D eigenvalue weighted by Crippen LogP contribution is 2.49. The van der Waals surface area contributed by atoms with E-state index in [1.165, 1.54) is 11.8 Å². The first-order valence-corrected chi connectivity index (χ1v) is 10.1. The lowest BCUT2D eigenvalue weighted by Gasteiger charge is -2.36. The van der Waals surface area contributed by atoms with Gasteiger partial charge in [0.15, 0.2) is 11.5 Å². The molecule has 2 aliphatic rings. The van der Waals surface area contributed by atoms with Crippen molar-refractivity contribution in [1.82, 2.24) is 14.8 Å². The van der Waals surface area contributed by atoms with Crippen LogP contribution in [0.3, 0.4) is 0 Å². The summed E-state index contributed by atoms with van der Waals surface area (Å²) in [5.41, 5.74) is 1.66. The minimum atomic E-state index is -0.390. The number of fused-ring (bicyclic) bond motifs is 2. The van der Waals surface area contributed by atoms with Crippen LogP contribution < -0.4 is 19.5 Å². The first-order valence-electron chi connectivity index (χ1n) is 8.92. The number of nitrogens with zero attached hydrogens (tertiary/aromatic N) is 3. The fourth-order valence-electron chi connectivity index (χ4n) is 3.91. The number of anilines is 1. The van der Waals surface area contributed by atoms with Gasteiger partial charge in [0.2, 0.25) is 16.9 Å². The van der Waals surface area contributed by atoms with Crippen LogP contribution in [0.15, 0.2) is 29.1 Å². The molecule has 9 heteroatoms. The van der Waals surface area contributed by atoms with Gasteiger partial charge in [0.1, 0.15) is 5.78 Å². The SMILES string of the molecule is COc1ccc([C@H]2[C@@H]3C(=O)CCC=C3Nc3nc(SC)nn32)c(OC)c1OC. The molecule has 2 aromatic rings. The van der Waals surface area contributed by atoms with E-state index in [9.17, 15) is 4.79 Å². The van der Waals surface area contributed by atoms with Gasteiger partial charge in [-0.15, -0.1) is 5.10 Å². The lowest BCUT2D eigenvalue weighted by molar-refractivity contribution is -0.123. The Kier molecular flexibility index (Phi) is 4.92. The Hall–Kier alpha value is -2.68. The molecular weight excluding hydrogens is 380 g/mol. The number of Topliss-reactive ketones (excluding diaryl/α,β-unsaturated/α-hetero) is 1.